The van der Waals surface area contributed by atoms with Gasteiger partial charge in [-0.25, -0.2) is 0 Å². The Labute approximate surface area is 129 Å². The Hall–Kier alpha value is -0.350. The molecule has 3 aliphatic rings. The first-order valence-corrected chi connectivity index (χ1v) is 8.49. The van der Waals surface area contributed by atoms with Crippen LogP contribution in [0.15, 0.2) is 27.1 Å². The molecule has 3 fully saturated rings. The first-order valence-electron chi connectivity index (χ1n) is 6.90. The highest BCUT2D eigenvalue weighted by Gasteiger charge is 2.65. The third-order valence-electron chi connectivity index (χ3n) is 5.16. The lowest BCUT2D eigenvalue weighted by atomic mass is 10.0. The summed E-state index contributed by atoms with van der Waals surface area (Å²) in [5.74, 6) is 3.45. The molecule has 0 saturated heterocycles. The molecule has 0 heterocycles. The number of hydrogen-bond donors (Lipinski definition) is 1. The average Bonchev–Trinajstić information content (AvgIpc) is 2.76. The van der Waals surface area contributed by atoms with E-state index in [1.54, 1.807) is 0 Å². The van der Waals surface area contributed by atoms with Crippen LogP contribution in [0.4, 0.5) is 0 Å². The third-order valence-corrected chi connectivity index (χ3v) is 6.07. The van der Waals surface area contributed by atoms with Crippen molar-refractivity contribution < 1.29 is 4.79 Å². The van der Waals surface area contributed by atoms with Crippen LogP contribution in [0.5, 0.6) is 0 Å². The van der Waals surface area contributed by atoms with E-state index in [4.69, 9.17) is 0 Å². The lowest BCUT2D eigenvalue weighted by Gasteiger charge is -2.11. The molecule has 19 heavy (non-hydrogen) atoms. The molecule has 0 radical (unpaired) electrons. The summed E-state index contributed by atoms with van der Waals surface area (Å²) >= 11 is 6.86. The Morgan fingerprint density at radius 2 is 1.63 bits per heavy atom. The van der Waals surface area contributed by atoms with Crippen molar-refractivity contribution in [3.63, 3.8) is 0 Å². The normalized spacial score (nSPS) is 38.1. The number of nitrogens with one attached hydrogen (secondary N) is 1. The summed E-state index contributed by atoms with van der Waals surface area (Å²) in [5.41, 5.74) is 0.735. The number of carbonyl (C=O) groups is 1. The van der Waals surface area contributed by atoms with Crippen LogP contribution in [0.2, 0.25) is 0 Å². The van der Waals surface area contributed by atoms with Gasteiger partial charge in [0.15, 0.2) is 0 Å². The van der Waals surface area contributed by atoms with Gasteiger partial charge >= 0.3 is 0 Å². The smallest absolute Gasteiger partial charge is 0.251 e. The van der Waals surface area contributed by atoms with E-state index in [1.807, 2.05) is 18.2 Å². The number of amides is 1. The van der Waals surface area contributed by atoms with Crippen molar-refractivity contribution in [2.45, 2.75) is 25.3 Å². The maximum atomic E-state index is 12.3. The average molecular weight is 385 g/mol. The predicted octanol–water partition coefficient (Wildman–Crippen LogP) is 3.99. The summed E-state index contributed by atoms with van der Waals surface area (Å²) in [5, 5.41) is 3.25. The van der Waals surface area contributed by atoms with Crippen molar-refractivity contribution in [2.75, 3.05) is 0 Å². The molecule has 3 saturated carbocycles. The summed E-state index contributed by atoms with van der Waals surface area (Å²) in [7, 11) is 0. The summed E-state index contributed by atoms with van der Waals surface area (Å²) in [6, 6.07) is 6.17. The molecule has 4 unspecified atom stereocenters. The number of hydrogen-bond acceptors (Lipinski definition) is 1. The minimum absolute atomic E-state index is 0.0702. The largest absolute Gasteiger partial charge is 0.349 e. The monoisotopic (exact) mass is 383 g/mol. The molecular weight excluding hydrogens is 370 g/mol. The lowest BCUT2D eigenvalue weighted by molar-refractivity contribution is 0.0944. The molecule has 1 aromatic carbocycles. The van der Waals surface area contributed by atoms with E-state index in [1.165, 1.54) is 19.3 Å². The lowest BCUT2D eigenvalue weighted by Crippen LogP contribution is -2.29. The first-order chi connectivity index (χ1) is 9.13. The standard InChI is InChI=1S/C15H15Br2NO/c16-10-4-9(5-11(17)6-10)15(19)18-14-12-7-1-2-8(3-7)13(12)14/h4-8,12-14H,1-3H2,(H,18,19). The van der Waals surface area contributed by atoms with Crippen molar-refractivity contribution in [1.29, 1.82) is 0 Å². The molecule has 2 nitrogen and oxygen atoms in total. The van der Waals surface area contributed by atoms with E-state index < -0.39 is 0 Å². The van der Waals surface area contributed by atoms with Crippen molar-refractivity contribution in [3.8, 4) is 0 Å². The minimum atomic E-state index is 0.0702. The van der Waals surface area contributed by atoms with Crippen molar-refractivity contribution in [2.24, 2.45) is 23.7 Å². The zero-order chi connectivity index (χ0) is 13.1. The molecule has 0 aliphatic heterocycles. The Bertz CT molecular complexity index is 523. The minimum Gasteiger partial charge on any atom is -0.349 e. The van der Waals surface area contributed by atoms with E-state index in [0.717, 1.165) is 38.2 Å². The maximum absolute atomic E-state index is 12.3. The van der Waals surface area contributed by atoms with Crippen molar-refractivity contribution in [1.82, 2.24) is 5.32 Å². The first kappa shape index (κ1) is 12.4. The molecule has 0 spiro atoms. The molecule has 2 bridgehead atoms. The molecule has 4 rings (SSSR count). The SMILES string of the molecule is O=C(NC1C2C3CCC(C3)C12)c1cc(Br)cc(Br)c1. The van der Waals surface area contributed by atoms with Crippen LogP contribution in [0.1, 0.15) is 29.6 Å². The van der Waals surface area contributed by atoms with Crippen LogP contribution in [0.25, 0.3) is 0 Å². The van der Waals surface area contributed by atoms with Gasteiger partial charge in [-0.3, -0.25) is 4.79 Å². The van der Waals surface area contributed by atoms with Crippen molar-refractivity contribution >= 4 is 37.8 Å². The highest BCUT2D eigenvalue weighted by atomic mass is 79.9. The van der Waals surface area contributed by atoms with Gasteiger partial charge in [-0.05, 0) is 61.1 Å². The molecular formula is C15H15Br2NO. The molecule has 100 valence electrons. The van der Waals surface area contributed by atoms with E-state index in [-0.39, 0.29) is 5.91 Å². The Morgan fingerprint density at radius 3 is 2.21 bits per heavy atom. The van der Waals surface area contributed by atoms with Crippen LogP contribution in [0, 0.1) is 23.7 Å². The highest BCUT2D eigenvalue weighted by molar-refractivity contribution is 9.11. The van der Waals surface area contributed by atoms with E-state index in [0.29, 0.717) is 6.04 Å². The summed E-state index contributed by atoms with van der Waals surface area (Å²) in [4.78, 5) is 12.3. The number of halogens is 2. The maximum Gasteiger partial charge on any atom is 0.251 e. The van der Waals surface area contributed by atoms with Gasteiger partial charge < -0.3 is 5.32 Å². The second-order valence-electron chi connectivity index (χ2n) is 6.15. The van der Waals surface area contributed by atoms with Crippen LogP contribution in [0.3, 0.4) is 0 Å². The quantitative estimate of drug-likeness (QED) is 0.820. The van der Waals surface area contributed by atoms with Gasteiger partial charge in [0.2, 0.25) is 0 Å². The fourth-order valence-corrected chi connectivity index (χ4v) is 5.73. The number of benzene rings is 1. The van der Waals surface area contributed by atoms with Gasteiger partial charge in [-0.2, -0.15) is 0 Å². The van der Waals surface area contributed by atoms with E-state index in [2.05, 4.69) is 37.2 Å². The van der Waals surface area contributed by atoms with Crippen LogP contribution >= 0.6 is 31.9 Å². The fourth-order valence-electron chi connectivity index (χ4n) is 4.44. The highest BCUT2D eigenvalue weighted by Crippen LogP contribution is 2.65. The Morgan fingerprint density at radius 1 is 1.05 bits per heavy atom. The molecule has 4 atom stereocenters. The van der Waals surface area contributed by atoms with Gasteiger partial charge in [0, 0.05) is 20.6 Å². The van der Waals surface area contributed by atoms with E-state index >= 15 is 0 Å². The van der Waals surface area contributed by atoms with Crippen molar-refractivity contribution in [3.05, 3.63) is 32.7 Å². The van der Waals surface area contributed by atoms with Gasteiger partial charge in [0.25, 0.3) is 5.91 Å². The third kappa shape index (κ3) is 1.99. The second-order valence-corrected chi connectivity index (χ2v) is 7.98. The van der Waals surface area contributed by atoms with Crippen LogP contribution in [-0.4, -0.2) is 11.9 Å². The van der Waals surface area contributed by atoms with E-state index in [9.17, 15) is 4.79 Å². The topological polar surface area (TPSA) is 29.1 Å². The Balaban J connectivity index is 1.48. The molecule has 4 heteroatoms. The van der Waals surface area contributed by atoms with Gasteiger partial charge in [0.1, 0.15) is 0 Å². The Kier molecular flexibility index (Phi) is 2.82. The van der Waals surface area contributed by atoms with Gasteiger partial charge in [-0.1, -0.05) is 31.9 Å². The summed E-state index contributed by atoms with van der Waals surface area (Å²) in [6.45, 7) is 0. The van der Waals surface area contributed by atoms with Crippen LogP contribution < -0.4 is 5.32 Å². The molecule has 1 N–H and O–H groups in total. The molecule has 0 aromatic heterocycles. The molecule has 3 aliphatic carbocycles. The summed E-state index contributed by atoms with van der Waals surface area (Å²) < 4.78 is 1.87. The number of fused-ring (bicyclic) bond motifs is 5. The zero-order valence-corrected chi connectivity index (χ0v) is 13.6. The number of carbonyl (C=O) groups excluding carboxylic acids is 1. The summed E-state index contributed by atoms with van der Waals surface area (Å²) in [6.07, 6.45) is 4.20. The zero-order valence-electron chi connectivity index (χ0n) is 10.4. The fraction of sp³-hybridized carbons (Fsp3) is 0.533. The molecule has 1 amide bonds. The predicted molar refractivity (Wildman–Crippen MR) is 80.9 cm³/mol. The number of rotatable bonds is 2. The molecule has 1 aromatic rings. The second kappa shape index (κ2) is 4.32. The van der Waals surface area contributed by atoms with Gasteiger partial charge in [-0.15, -0.1) is 0 Å². The van der Waals surface area contributed by atoms with Crippen LogP contribution in [-0.2, 0) is 0 Å². The van der Waals surface area contributed by atoms with Gasteiger partial charge in [0.05, 0.1) is 0 Å².